The number of halogens is 1. The summed E-state index contributed by atoms with van der Waals surface area (Å²) in [6.45, 7) is 0.822. The third-order valence-electron chi connectivity index (χ3n) is 2.48. The Bertz CT molecular complexity index is 342. The minimum absolute atomic E-state index is 0.181. The highest BCUT2D eigenvalue weighted by atomic mass is 79.9. The van der Waals surface area contributed by atoms with E-state index in [0.717, 1.165) is 28.1 Å². The molecule has 0 amide bonds. The van der Waals surface area contributed by atoms with Gasteiger partial charge in [0.05, 0.1) is 9.89 Å². The first-order valence-electron chi connectivity index (χ1n) is 5.11. The Labute approximate surface area is 102 Å². The highest BCUT2D eigenvalue weighted by Gasteiger charge is 2.19. The third kappa shape index (κ3) is 3.40. The van der Waals surface area contributed by atoms with Crippen molar-refractivity contribution >= 4 is 33.0 Å². The van der Waals surface area contributed by atoms with Gasteiger partial charge in [-0.2, -0.15) is 0 Å². The molecule has 1 fully saturated rings. The van der Waals surface area contributed by atoms with Gasteiger partial charge in [0.25, 0.3) is 0 Å². The molecule has 0 aliphatic carbocycles. The number of ketones is 1. The van der Waals surface area contributed by atoms with Crippen molar-refractivity contribution in [2.45, 2.75) is 31.8 Å². The zero-order chi connectivity index (χ0) is 10.7. The summed E-state index contributed by atoms with van der Waals surface area (Å²) >= 11 is 5.02. The molecular formula is C11H13BrO2S. The van der Waals surface area contributed by atoms with Crippen molar-refractivity contribution in [2.24, 2.45) is 0 Å². The number of rotatable bonds is 4. The lowest BCUT2D eigenvalue weighted by atomic mass is 10.1. The first kappa shape index (κ1) is 11.3. The van der Waals surface area contributed by atoms with Gasteiger partial charge in [0.1, 0.15) is 5.78 Å². The van der Waals surface area contributed by atoms with E-state index in [9.17, 15) is 4.79 Å². The number of hydrogen-bond donors (Lipinski definition) is 0. The SMILES string of the molecule is O=C(Cc1ccc(Br)s1)CC1CCCO1. The van der Waals surface area contributed by atoms with Crippen LogP contribution in [-0.2, 0) is 16.0 Å². The molecule has 1 aliphatic rings. The average molecular weight is 289 g/mol. The highest BCUT2D eigenvalue weighted by molar-refractivity contribution is 9.11. The molecule has 1 aromatic heterocycles. The summed E-state index contributed by atoms with van der Waals surface area (Å²) in [5.74, 6) is 0.288. The van der Waals surface area contributed by atoms with E-state index in [1.807, 2.05) is 12.1 Å². The molecule has 82 valence electrons. The molecular weight excluding hydrogens is 276 g/mol. The average Bonchev–Trinajstić information content (AvgIpc) is 2.77. The third-order valence-corrected chi connectivity index (χ3v) is 4.10. The van der Waals surface area contributed by atoms with Gasteiger partial charge in [-0.25, -0.2) is 0 Å². The number of thiophene rings is 1. The van der Waals surface area contributed by atoms with Gasteiger partial charge in [-0.15, -0.1) is 11.3 Å². The van der Waals surface area contributed by atoms with Crippen molar-refractivity contribution in [3.8, 4) is 0 Å². The summed E-state index contributed by atoms with van der Waals surface area (Å²) in [4.78, 5) is 12.8. The Kier molecular flexibility index (Phi) is 3.94. The van der Waals surface area contributed by atoms with Crippen LogP contribution in [0.15, 0.2) is 15.9 Å². The van der Waals surface area contributed by atoms with E-state index in [1.165, 1.54) is 0 Å². The van der Waals surface area contributed by atoms with Crippen molar-refractivity contribution in [3.63, 3.8) is 0 Å². The molecule has 1 aliphatic heterocycles. The van der Waals surface area contributed by atoms with Crippen LogP contribution < -0.4 is 0 Å². The molecule has 0 spiro atoms. The second kappa shape index (κ2) is 5.23. The molecule has 2 nitrogen and oxygen atoms in total. The molecule has 0 aromatic carbocycles. The van der Waals surface area contributed by atoms with Crippen molar-refractivity contribution in [1.29, 1.82) is 0 Å². The van der Waals surface area contributed by atoms with E-state index in [4.69, 9.17) is 4.74 Å². The van der Waals surface area contributed by atoms with Crippen molar-refractivity contribution in [3.05, 3.63) is 20.8 Å². The molecule has 1 aromatic rings. The minimum atomic E-state index is 0.181. The smallest absolute Gasteiger partial charge is 0.140 e. The maximum Gasteiger partial charge on any atom is 0.140 e. The van der Waals surface area contributed by atoms with E-state index in [0.29, 0.717) is 12.8 Å². The highest BCUT2D eigenvalue weighted by Crippen LogP contribution is 2.23. The maximum atomic E-state index is 11.7. The lowest BCUT2D eigenvalue weighted by molar-refractivity contribution is -0.120. The second-order valence-electron chi connectivity index (χ2n) is 3.76. The van der Waals surface area contributed by atoms with Crippen LogP contribution in [0.1, 0.15) is 24.1 Å². The van der Waals surface area contributed by atoms with E-state index >= 15 is 0 Å². The van der Waals surface area contributed by atoms with Crippen LogP contribution in [0.3, 0.4) is 0 Å². The first-order valence-corrected chi connectivity index (χ1v) is 6.72. The standard InChI is InChI=1S/C11H13BrO2S/c12-11-4-3-10(15-11)7-8(13)6-9-2-1-5-14-9/h3-4,9H,1-2,5-7H2. The molecule has 2 heterocycles. The number of carbonyl (C=O) groups is 1. The van der Waals surface area contributed by atoms with E-state index in [2.05, 4.69) is 15.9 Å². The minimum Gasteiger partial charge on any atom is -0.378 e. The predicted octanol–water partition coefficient (Wildman–Crippen LogP) is 3.19. The normalized spacial score (nSPS) is 20.7. The Balaban J connectivity index is 1.81. The largest absolute Gasteiger partial charge is 0.378 e. The van der Waals surface area contributed by atoms with Gasteiger partial charge >= 0.3 is 0 Å². The molecule has 0 bridgehead atoms. The fraction of sp³-hybridized carbons (Fsp3) is 0.545. The van der Waals surface area contributed by atoms with Gasteiger partial charge in [0.2, 0.25) is 0 Å². The zero-order valence-electron chi connectivity index (χ0n) is 8.37. The number of hydrogen-bond acceptors (Lipinski definition) is 3. The summed E-state index contributed by atoms with van der Waals surface area (Å²) in [7, 11) is 0. The summed E-state index contributed by atoms with van der Waals surface area (Å²) in [5, 5.41) is 0. The summed E-state index contributed by atoms with van der Waals surface area (Å²) in [6.07, 6.45) is 3.45. The quantitative estimate of drug-likeness (QED) is 0.851. The molecule has 0 radical (unpaired) electrons. The molecule has 4 heteroatoms. The zero-order valence-corrected chi connectivity index (χ0v) is 10.8. The molecule has 0 N–H and O–H groups in total. The van der Waals surface area contributed by atoms with Crippen molar-refractivity contribution < 1.29 is 9.53 Å². The fourth-order valence-corrected chi connectivity index (χ4v) is 3.28. The number of carbonyl (C=O) groups excluding carboxylic acids is 1. The molecule has 1 unspecified atom stereocenters. The summed E-state index contributed by atoms with van der Waals surface area (Å²) in [5.41, 5.74) is 0. The molecule has 2 rings (SSSR count). The van der Waals surface area contributed by atoms with Crippen molar-refractivity contribution in [2.75, 3.05) is 6.61 Å². The topological polar surface area (TPSA) is 26.3 Å². The van der Waals surface area contributed by atoms with E-state index < -0.39 is 0 Å². The van der Waals surface area contributed by atoms with E-state index in [1.54, 1.807) is 11.3 Å². The first-order chi connectivity index (χ1) is 7.24. The van der Waals surface area contributed by atoms with Crippen LogP contribution in [0.4, 0.5) is 0 Å². The monoisotopic (exact) mass is 288 g/mol. The molecule has 1 atom stereocenters. The lowest BCUT2D eigenvalue weighted by Crippen LogP contribution is -2.13. The lowest BCUT2D eigenvalue weighted by Gasteiger charge is -2.06. The van der Waals surface area contributed by atoms with Crippen LogP contribution in [0, 0.1) is 0 Å². The van der Waals surface area contributed by atoms with Crippen molar-refractivity contribution in [1.82, 2.24) is 0 Å². The van der Waals surface area contributed by atoms with Crippen LogP contribution in [0.2, 0.25) is 0 Å². The van der Waals surface area contributed by atoms with Crippen LogP contribution in [-0.4, -0.2) is 18.5 Å². The number of Topliss-reactive ketones (excluding diaryl/α,β-unsaturated/α-hetero) is 1. The second-order valence-corrected chi connectivity index (χ2v) is 6.31. The number of ether oxygens (including phenoxy) is 1. The Morgan fingerprint density at radius 3 is 3.07 bits per heavy atom. The van der Waals surface area contributed by atoms with Crippen LogP contribution in [0.25, 0.3) is 0 Å². The maximum absolute atomic E-state index is 11.7. The summed E-state index contributed by atoms with van der Waals surface area (Å²) in [6, 6.07) is 3.99. The van der Waals surface area contributed by atoms with E-state index in [-0.39, 0.29) is 11.9 Å². The van der Waals surface area contributed by atoms with Gasteiger partial charge in [-0.1, -0.05) is 0 Å². The van der Waals surface area contributed by atoms with Gasteiger partial charge in [0.15, 0.2) is 0 Å². The Hall–Kier alpha value is -0.190. The summed E-state index contributed by atoms with van der Waals surface area (Å²) < 4.78 is 6.53. The fourth-order valence-electron chi connectivity index (χ4n) is 1.77. The Morgan fingerprint density at radius 2 is 2.47 bits per heavy atom. The molecule has 0 saturated carbocycles. The van der Waals surface area contributed by atoms with Crippen LogP contribution in [0.5, 0.6) is 0 Å². The van der Waals surface area contributed by atoms with Crippen LogP contribution >= 0.6 is 27.3 Å². The molecule has 15 heavy (non-hydrogen) atoms. The van der Waals surface area contributed by atoms with Gasteiger partial charge in [-0.05, 0) is 40.9 Å². The molecule has 1 saturated heterocycles. The predicted molar refractivity (Wildman–Crippen MR) is 64.3 cm³/mol. The van der Waals surface area contributed by atoms with Gasteiger partial charge < -0.3 is 4.74 Å². The Morgan fingerprint density at radius 1 is 1.60 bits per heavy atom. The van der Waals surface area contributed by atoms with Gasteiger partial charge in [-0.3, -0.25) is 4.79 Å². The van der Waals surface area contributed by atoms with Gasteiger partial charge in [0, 0.05) is 24.3 Å².